The van der Waals surface area contributed by atoms with Crippen molar-refractivity contribution in [2.24, 2.45) is 5.73 Å². The van der Waals surface area contributed by atoms with Crippen LogP contribution in [-0.4, -0.2) is 22.2 Å². The van der Waals surface area contributed by atoms with Gasteiger partial charge in [-0.1, -0.05) is 29.8 Å². The molecule has 1 aromatic heterocycles. The Balaban J connectivity index is 1.94. The maximum absolute atomic E-state index is 14.2. The number of hydrogen-bond acceptors (Lipinski definition) is 5. The Bertz CT molecular complexity index is 1090. The molecule has 3 aromatic rings. The molecule has 0 amide bonds. The van der Waals surface area contributed by atoms with Gasteiger partial charge >= 0.3 is 5.97 Å². The normalized spacial score (nSPS) is 11.8. The summed E-state index contributed by atoms with van der Waals surface area (Å²) in [7, 11) is 0. The fourth-order valence-electron chi connectivity index (χ4n) is 2.58. The second-order valence-electron chi connectivity index (χ2n) is 6.34. The number of nitrogens with two attached hydrogens (primary N) is 1. The van der Waals surface area contributed by atoms with E-state index in [4.69, 9.17) is 31.9 Å². The largest absolute Gasteiger partial charge is 0.479 e. The molecule has 2 aromatic carbocycles. The summed E-state index contributed by atoms with van der Waals surface area (Å²) in [6.07, 6.45) is -1.39. The standard InChI is InChI=1S/C21H17ClF2N2O4/c1-11(21(27)28)29-19-17(23)9-18(24)20(26-19)30-16-7-14(6-15(22)8-16)13-4-2-3-12(5-13)10-25/h2-9,11H,10,25H2,1H3,(H,27,28)/t11-/m1/s1. The molecule has 1 heterocycles. The molecule has 0 fully saturated rings. The number of carboxylic acids is 1. The maximum Gasteiger partial charge on any atom is 0.344 e. The smallest absolute Gasteiger partial charge is 0.344 e. The van der Waals surface area contributed by atoms with Gasteiger partial charge in [-0.3, -0.25) is 0 Å². The summed E-state index contributed by atoms with van der Waals surface area (Å²) >= 11 is 6.17. The van der Waals surface area contributed by atoms with Crippen LogP contribution in [-0.2, 0) is 11.3 Å². The highest BCUT2D eigenvalue weighted by Crippen LogP contribution is 2.33. The molecule has 6 nitrogen and oxygen atoms in total. The van der Waals surface area contributed by atoms with Gasteiger partial charge in [0, 0.05) is 17.6 Å². The second-order valence-corrected chi connectivity index (χ2v) is 6.78. The van der Waals surface area contributed by atoms with E-state index < -0.39 is 35.5 Å². The van der Waals surface area contributed by atoms with E-state index in [9.17, 15) is 13.6 Å². The van der Waals surface area contributed by atoms with Crippen molar-refractivity contribution in [3.05, 3.63) is 70.8 Å². The average molecular weight is 435 g/mol. The van der Waals surface area contributed by atoms with E-state index in [2.05, 4.69) is 4.98 Å². The molecule has 0 saturated carbocycles. The van der Waals surface area contributed by atoms with E-state index in [0.29, 0.717) is 23.2 Å². The Labute approximate surface area is 175 Å². The second kappa shape index (κ2) is 9.06. The number of pyridine rings is 1. The summed E-state index contributed by atoms with van der Waals surface area (Å²) in [6.45, 7) is 1.55. The van der Waals surface area contributed by atoms with Crippen molar-refractivity contribution in [1.29, 1.82) is 0 Å². The maximum atomic E-state index is 14.2. The van der Waals surface area contributed by atoms with Crippen LogP contribution in [0, 0.1) is 11.6 Å². The Morgan fingerprint density at radius 3 is 2.57 bits per heavy atom. The number of halogens is 3. The molecule has 3 rings (SSSR count). The number of benzene rings is 2. The van der Waals surface area contributed by atoms with Crippen LogP contribution in [0.3, 0.4) is 0 Å². The number of nitrogens with zero attached hydrogens (tertiary/aromatic N) is 1. The summed E-state index contributed by atoms with van der Waals surface area (Å²) < 4.78 is 38.5. The van der Waals surface area contributed by atoms with Gasteiger partial charge in [0.25, 0.3) is 11.8 Å². The Morgan fingerprint density at radius 1 is 1.13 bits per heavy atom. The first-order valence-corrected chi connectivity index (χ1v) is 9.18. The van der Waals surface area contributed by atoms with Gasteiger partial charge in [-0.2, -0.15) is 4.98 Å². The summed E-state index contributed by atoms with van der Waals surface area (Å²) in [6, 6.07) is 12.7. The summed E-state index contributed by atoms with van der Waals surface area (Å²) in [5.74, 6) is -4.71. The monoisotopic (exact) mass is 434 g/mol. The fraction of sp³-hybridized carbons (Fsp3) is 0.143. The summed E-state index contributed by atoms with van der Waals surface area (Å²) in [4.78, 5) is 14.5. The lowest BCUT2D eigenvalue weighted by Gasteiger charge is -2.13. The van der Waals surface area contributed by atoms with Crippen LogP contribution >= 0.6 is 11.6 Å². The number of rotatable bonds is 7. The third kappa shape index (κ3) is 5.03. The van der Waals surface area contributed by atoms with Crippen molar-refractivity contribution in [3.63, 3.8) is 0 Å². The predicted octanol–water partition coefficient (Wildman–Crippen LogP) is 4.78. The highest BCUT2D eigenvalue weighted by molar-refractivity contribution is 6.31. The van der Waals surface area contributed by atoms with Crippen LogP contribution in [0.5, 0.6) is 17.5 Å². The van der Waals surface area contributed by atoms with E-state index in [1.165, 1.54) is 13.0 Å². The minimum atomic E-state index is -1.39. The van der Waals surface area contributed by atoms with Crippen LogP contribution in [0.2, 0.25) is 5.02 Å². The van der Waals surface area contributed by atoms with Gasteiger partial charge in [0.15, 0.2) is 17.7 Å². The molecule has 156 valence electrons. The van der Waals surface area contributed by atoms with Crippen LogP contribution in [0.1, 0.15) is 12.5 Å². The van der Waals surface area contributed by atoms with Gasteiger partial charge in [-0.15, -0.1) is 0 Å². The zero-order valence-electron chi connectivity index (χ0n) is 15.7. The first-order chi connectivity index (χ1) is 14.3. The summed E-state index contributed by atoms with van der Waals surface area (Å²) in [5.41, 5.74) is 8.09. The first kappa shape index (κ1) is 21.5. The van der Waals surface area contributed by atoms with E-state index in [1.54, 1.807) is 12.1 Å². The Kier molecular flexibility index (Phi) is 6.49. The molecule has 0 aliphatic heterocycles. The molecule has 0 aliphatic rings. The highest BCUT2D eigenvalue weighted by atomic mass is 35.5. The topological polar surface area (TPSA) is 94.7 Å². The van der Waals surface area contributed by atoms with Gasteiger partial charge in [-0.05, 0) is 47.9 Å². The molecule has 0 spiro atoms. The predicted molar refractivity (Wildman–Crippen MR) is 107 cm³/mol. The van der Waals surface area contributed by atoms with E-state index in [1.807, 2.05) is 24.3 Å². The Morgan fingerprint density at radius 2 is 1.87 bits per heavy atom. The highest BCUT2D eigenvalue weighted by Gasteiger charge is 2.20. The quantitative estimate of drug-likeness (QED) is 0.555. The number of aromatic nitrogens is 1. The van der Waals surface area contributed by atoms with Crippen LogP contribution in [0.15, 0.2) is 48.5 Å². The van der Waals surface area contributed by atoms with Crippen molar-refractivity contribution in [2.75, 3.05) is 0 Å². The van der Waals surface area contributed by atoms with Crippen LogP contribution in [0.4, 0.5) is 8.78 Å². The van der Waals surface area contributed by atoms with Crippen molar-refractivity contribution in [2.45, 2.75) is 19.6 Å². The van der Waals surface area contributed by atoms with Crippen molar-refractivity contribution in [1.82, 2.24) is 4.98 Å². The molecular weight excluding hydrogens is 418 g/mol. The molecule has 0 bridgehead atoms. The van der Waals surface area contributed by atoms with Crippen molar-refractivity contribution in [3.8, 4) is 28.6 Å². The van der Waals surface area contributed by atoms with Gasteiger partial charge in [0.1, 0.15) is 5.75 Å². The number of carbonyl (C=O) groups is 1. The number of carboxylic acid groups (broad SMARTS) is 1. The molecule has 9 heteroatoms. The van der Waals surface area contributed by atoms with Crippen LogP contribution in [0.25, 0.3) is 11.1 Å². The lowest BCUT2D eigenvalue weighted by Crippen LogP contribution is -2.24. The Hall–Kier alpha value is -3.23. The molecule has 0 radical (unpaired) electrons. The van der Waals surface area contributed by atoms with E-state index in [-0.39, 0.29) is 5.75 Å². The SMILES string of the molecule is C[C@@H](Oc1nc(Oc2cc(Cl)cc(-c3cccc(CN)c3)c2)c(F)cc1F)C(=O)O. The number of hydrogen-bond donors (Lipinski definition) is 2. The van der Waals surface area contributed by atoms with Gasteiger partial charge in [0.05, 0.1) is 0 Å². The third-order valence-electron chi connectivity index (χ3n) is 4.08. The number of ether oxygens (including phenoxy) is 2. The first-order valence-electron chi connectivity index (χ1n) is 8.80. The lowest BCUT2D eigenvalue weighted by atomic mass is 10.0. The van der Waals surface area contributed by atoms with Gasteiger partial charge < -0.3 is 20.3 Å². The lowest BCUT2D eigenvalue weighted by molar-refractivity contribution is -0.144. The molecule has 0 saturated heterocycles. The molecule has 0 unspecified atom stereocenters. The average Bonchev–Trinajstić information content (AvgIpc) is 2.71. The van der Waals surface area contributed by atoms with Crippen molar-refractivity contribution >= 4 is 17.6 Å². The van der Waals surface area contributed by atoms with Gasteiger partial charge in [0.2, 0.25) is 0 Å². The molecule has 3 N–H and O–H groups in total. The minimum absolute atomic E-state index is 0.144. The zero-order chi connectivity index (χ0) is 21.8. The molecule has 0 aliphatic carbocycles. The fourth-order valence-corrected chi connectivity index (χ4v) is 2.81. The molecule has 30 heavy (non-hydrogen) atoms. The molecular formula is C21H17ClF2N2O4. The molecule has 1 atom stereocenters. The summed E-state index contributed by atoms with van der Waals surface area (Å²) in [5, 5.41) is 9.22. The van der Waals surface area contributed by atoms with Gasteiger partial charge in [-0.25, -0.2) is 13.6 Å². The third-order valence-corrected chi connectivity index (χ3v) is 4.30. The zero-order valence-corrected chi connectivity index (χ0v) is 16.5. The van der Waals surface area contributed by atoms with E-state index in [0.717, 1.165) is 11.1 Å². The van der Waals surface area contributed by atoms with Crippen LogP contribution < -0.4 is 15.2 Å². The van der Waals surface area contributed by atoms with Crippen molar-refractivity contribution < 1.29 is 28.2 Å². The number of aliphatic carboxylic acids is 1. The minimum Gasteiger partial charge on any atom is -0.479 e. The van der Waals surface area contributed by atoms with E-state index >= 15 is 0 Å².